The molecule has 1 rings (SSSR count). The highest BCUT2D eigenvalue weighted by atomic mass is 35.5. The van der Waals surface area contributed by atoms with E-state index in [2.05, 4.69) is 19.1 Å². The summed E-state index contributed by atoms with van der Waals surface area (Å²) < 4.78 is 0. The third kappa shape index (κ3) is 2.35. The van der Waals surface area contributed by atoms with Crippen LogP contribution in [0.5, 0.6) is 0 Å². The minimum absolute atomic E-state index is 0.237. The van der Waals surface area contributed by atoms with Crippen LogP contribution in [0, 0.1) is 22.7 Å². The summed E-state index contributed by atoms with van der Waals surface area (Å²) in [6.07, 6.45) is 1.21. The van der Waals surface area contributed by atoms with Crippen LogP contribution in [0.15, 0.2) is 12.1 Å². The predicted octanol–water partition coefficient (Wildman–Crippen LogP) is 3.79. The maximum absolute atomic E-state index is 9.03. The van der Waals surface area contributed by atoms with Crippen LogP contribution >= 0.6 is 11.6 Å². The molecule has 0 spiro atoms. The van der Waals surface area contributed by atoms with Crippen LogP contribution in [-0.4, -0.2) is 0 Å². The van der Waals surface area contributed by atoms with Crippen molar-refractivity contribution in [3.05, 3.63) is 33.8 Å². The largest absolute Gasteiger partial charge is 0.198 e. The van der Waals surface area contributed by atoms with Crippen molar-refractivity contribution in [1.82, 2.24) is 0 Å². The lowest BCUT2D eigenvalue weighted by molar-refractivity contribution is 0.730. The standard InChI is InChI=1S/C13H13ClN2/c1-3-9(2)12-11(8-16)5-4-10(6-7-15)13(12)14/h4-5,9H,3,6H2,1-2H3. The van der Waals surface area contributed by atoms with Gasteiger partial charge in [-0.3, -0.25) is 0 Å². The van der Waals surface area contributed by atoms with Crippen molar-refractivity contribution in [2.75, 3.05) is 0 Å². The van der Waals surface area contributed by atoms with Gasteiger partial charge in [0, 0.05) is 5.02 Å². The summed E-state index contributed by atoms with van der Waals surface area (Å²) >= 11 is 6.24. The molecule has 0 bridgehead atoms. The lowest BCUT2D eigenvalue weighted by Gasteiger charge is -2.15. The number of nitriles is 2. The number of benzene rings is 1. The highest BCUT2D eigenvalue weighted by Gasteiger charge is 2.16. The normalized spacial score (nSPS) is 11.6. The van der Waals surface area contributed by atoms with Crippen LogP contribution in [-0.2, 0) is 6.42 Å². The lowest BCUT2D eigenvalue weighted by Crippen LogP contribution is -2.00. The summed E-state index contributed by atoms with van der Waals surface area (Å²) in [4.78, 5) is 0. The van der Waals surface area contributed by atoms with Crippen molar-refractivity contribution in [2.24, 2.45) is 0 Å². The Morgan fingerprint density at radius 2 is 2.06 bits per heavy atom. The van der Waals surface area contributed by atoms with E-state index in [9.17, 15) is 0 Å². The van der Waals surface area contributed by atoms with Gasteiger partial charge < -0.3 is 0 Å². The van der Waals surface area contributed by atoms with E-state index in [0.717, 1.165) is 17.5 Å². The number of halogens is 1. The van der Waals surface area contributed by atoms with Crippen LogP contribution < -0.4 is 0 Å². The summed E-state index contributed by atoms with van der Waals surface area (Å²) in [5.41, 5.74) is 2.29. The van der Waals surface area contributed by atoms with Crippen molar-refractivity contribution in [3.8, 4) is 12.1 Å². The second-order valence-corrected chi connectivity index (χ2v) is 4.13. The molecule has 0 saturated heterocycles. The Bertz CT molecular complexity index is 466. The molecular formula is C13H13ClN2. The van der Waals surface area contributed by atoms with Crippen molar-refractivity contribution in [1.29, 1.82) is 10.5 Å². The van der Waals surface area contributed by atoms with E-state index in [1.54, 1.807) is 12.1 Å². The van der Waals surface area contributed by atoms with Gasteiger partial charge in [0.1, 0.15) is 0 Å². The smallest absolute Gasteiger partial charge is 0.0995 e. The first-order valence-electron chi connectivity index (χ1n) is 5.24. The fraction of sp³-hybridized carbons (Fsp3) is 0.385. The third-order valence-corrected chi connectivity index (χ3v) is 3.20. The fourth-order valence-corrected chi connectivity index (χ4v) is 2.06. The number of hydrogen-bond donors (Lipinski definition) is 0. The summed E-state index contributed by atoms with van der Waals surface area (Å²) in [5, 5.41) is 18.3. The van der Waals surface area contributed by atoms with E-state index in [1.165, 1.54) is 0 Å². The number of rotatable bonds is 3. The summed E-state index contributed by atoms with van der Waals surface area (Å²) in [6, 6.07) is 7.74. The predicted molar refractivity (Wildman–Crippen MR) is 64.2 cm³/mol. The molecule has 0 amide bonds. The molecule has 82 valence electrons. The molecular weight excluding hydrogens is 220 g/mol. The monoisotopic (exact) mass is 232 g/mol. The maximum Gasteiger partial charge on any atom is 0.0995 e. The van der Waals surface area contributed by atoms with Crippen molar-refractivity contribution in [2.45, 2.75) is 32.6 Å². The Labute approximate surface area is 101 Å². The first-order valence-corrected chi connectivity index (χ1v) is 5.61. The molecule has 0 heterocycles. The van der Waals surface area contributed by atoms with Crippen molar-refractivity contribution < 1.29 is 0 Å². The zero-order valence-electron chi connectivity index (χ0n) is 9.42. The highest BCUT2D eigenvalue weighted by molar-refractivity contribution is 6.32. The average molecular weight is 233 g/mol. The van der Waals surface area contributed by atoms with Gasteiger partial charge in [0.15, 0.2) is 0 Å². The van der Waals surface area contributed by atoms with Crippen LogP contribution in [0.3, 0.4) is 0 Å². The van der Waals surface area contributed by atoms with E-state index in [0.29, 0.717) is 10.6 Å². The molecule has 2 nitrogen and oxygen atoms in total. The molecule has 0 aliphatic heterocycles. The molecule has 0 aliphatic carbocycles. The van der Waals surface area contributed by atoms with Gasteiger partial charge in [-0.25, -0.2) is 0 Å². The second kappa shape index (κ2) is 5.54. The fourth-order valence-electron chi connectivity index (χ4n) is 1.64. The maximum atomic E-state index is 9.03. The van der Waals surface area contributed by atoms with E-state index in [4.69, 9.17) is 22.1 Å². The van der Waals surface area contributed by atoms with E-state index in [-0.39, 0.29) is 12.3 Å². The topological polar surface area (TPSA) is 47.6 Å². The van der Waals surface area contributed by atoms with Gasteiger partial charge in [-0.1, -0.05) is 31.5 Å². The molecule has 1 unspecified atom stereocenters. The second-order valence-electron chi connectivity index (χ2n) is 3.76. The first-order chi connectivity index (χ1) is 7.65. The molecule has 0 aliphatic rings. The van der Waals surface area contributed by atoms with Gasteiger partial charge in [0.25, 0.3) is 0 Å². The van der Waals surface area contributed by atoms with Crippen LogP contribution in [0.2, 0.25) is 5.02 Å². The summed E-state index contributed by atoms with van der Waals surface area (Å²) in [5.74, 6) is 0.237. The third-order valence-electron chi connectivity index (χ3n) is 2.75. The first kappa shape index (κ1) is 12.6. The van der Waals surface area contributed by atoms with Crippen molar-refractivity contribution in [3.63, 3.8) is 0 Å². The Kier molecular flexibility index (Phi) is 4.35. The summed E-state index contributed by atoms with van der Waals surface area (Å²) in [7, 11) is 0. The van der Waals surface area contributed by atoms with E-state index < -0.39 is 0 Å². The zero-order valence-corrected chi connectivity index (χ0v) is 10.2. The van der Waals surface area contributed by atoms with Crippen LogP contribution in [0.25, 0.3) is 0 Å². The Balaban J connectivity index is 3.37. The Morgan fingerprint density at radius 3 is 2.56 bits per heavy atom. The van der Waals surface area contributed by atoms with Crippen LogP contribution in [0.4, 0.5) is 0 Å². The highest BCUT2D eigenvalue weighted by Crippen LogP contribution is 2.32. The minimum atomic E-state index is 0.237. The molecule has 0 aromatic heterocycles. The molecule has 16 heavy (non-hydrogen) atoms. The molecule has 1 aromatic carbocycles. The van der Waals surface area contributed by atoms with Gasteiger partial charge in [-0.05, 0) is 29.5 Å². The molecule has 0 radical (unpaired) electrons. The Morgan fingerprint density at radius 1 is 1.38 bits per heavy atom. The molecule has 0 fully saturated rings. The van der Waals surface area contributed by atoms with Gasteiger partial charge in [0.05, 0.1) is 24.1 Å². The summed E-state index contributed by atoms with van der Waals surface area (Å²) in [6.45, 7) is 4.09. The van der Waals surface area contributed by atoms with Gasteiger partial charge in [-0.2, -0.15) is 10.5 Å². The number of nitrogens with zero attached hydrogens (tertiary/aromatic N) is 2. The van der Waals surface area contributed by atoms with Crippen LogP contribution in [0.1, 0.15) is 42.9 Å². The molecule has 3 heteroatoms. The SMILES string of the molecule is CCC(C)c1c(C#N)ccc(CC#N)c1Cl. The van der Waals surface area contributed by atoms with E-state index >= 15 is 0 Å². The van der Waals surface area contributed by atoms with Gasteiger partial charge in [-0.15, -0.1) is 0 Å². The average Bonchev–Trinajstić information content (AvgIpc) is 2.30. The molecule has 1 aromatic rings. The van der Waals surface area contributed by atoms with E-state index in [1.807, 2.05) is 6.92 Å². The Hall–Kier alpha value is -1.51. The quantitative estimate of drug-likeness (QED) is 0.796. The molecule has 1 atom stereocenters. The zero-order chi connectivity index (χ0) is 12.1. The minimum Gasteiger partial charge on any atom is -0.198 e. The molecule has 0 saturated carbocycles. The van der Waals surface area contributed by atoms with Crippen molar-refractivity contribution >= 4 is 11.6 Å². The molecule has 0 N–H and O–H groups in total. The number of hydrogen-bond acceptors (Lipinski definition) is 2. The lowest BCUT2D eigenvalue weighted by atomic mass is 9.91. The van der Waals surface area contributed by atoms with Gasteiger partial charge >= 0.3 is 0 Å². The van der Waals surface area contributed by atoms with Gasteiger partial charge in [0.2, 0.25) is 0 Å².